The molecule has 162 valence electrons. The van der Waals surface area contributed by atoms with E-state index >= 15 is 0 Å². The SMILES string of the molecule is CCOC(=O)c1ccc2c(c1)sc(=NC(=O)C1COc3ccccc3O1)n2CCOC. The van der Waals surface area contributed by atoms with Crippen LogP contribution in [0, 0.1) is 0 Å². The van der Waals surface area contributed by atoms with E-state index in [1.54, 1.807) is 38.3 Å². The first-order valence-corrected chi connectivity index (χ1v) is 10.7. The zero-order valence-corrected chi connectivity index (χ0v) is 18.0. The van der Waals surface area contributed by atoms with Crippen LogP contribution in [0.5, 0.6) is 11.5 Å². The van der Waals surface area contributed by atoms with E-state index in [4.69, 9.17) is 18.9 Å². The standard InChI is InChI=1S/C22H22N2O6S/c1-3-28-21(26)14-8-9-15-19(12-14)31-22(24(15)10-11-27-2)23-20(25)18-13-29-16-6-4-5-7-17(16)30-18/h4-9,12,18H,3,10-11,13H2,1-2H3. The predicted molar refractivity (Wildman–Crippen MR) is 115 cm³/mol. The van der Waals surface area contributed by atoms with Crippen molar-refractivity contribution in [1.29, 1.82) is 0 Å². The van der Waals surface area contributed by atoms with Gasteiger partial charge in [0.15, 0.2) is 16.3 Å². The highest BCUT2D eigenvalue weighted by molar-refractivity contribution is 7.16. The van der Waals surface area contributed by atoms with Gasteiger partial charge in [0.1, 0.15) is 6.61 Å². The first kappa shape index (κ1) is 21.1. The fourth-order valence-electron chi connectivity index (χ4n) is 3.21. The minimum absolute atomic E-state index is 0.0926. The second kappa shape index (κ2) is 9.32. The van der Waals surface area contributed by atoms with Crippen molar-refractivity contribution < 1.29 is 28.5 Å². The molecule has 31 heavy (non-hydrogen) atoms. The molecule has 1 aliphatic heterocycles. The van der Waals surface area contributed by atoms with E-state index in [0.29, 0.717) is 41.6 Å². The number of carbonyl (C=O) groups excluding carboxylic acids is 2. The Morgan fingerprint density at radius 1 is 1.23 bits per heavy atom. The molecule has 0 bridgehead atoms. The Bertz CT molecular complexity index is 1180. The maximum atomic E-state index is 12.9. The van der Waals surface area contributed by atoms with E-state index in [-0.39, 0.29) is 12.6 Å². The Hall–Kier alpha value is -3.17. The van der Waals surface area contributed by atoms with E-state index in [2.05, 4.69) is 4.99 Å². The average Bonchev–Trinajstić information content (AvgIpc) is 3.13. The van der Waals surface area contributed by atoms with E-state index in [0.717, 1.165) is 10.2 Å². The summed E-state index contributed by atoms with van der Waals surface area (Å²) in [6.45, 7) is 3.11. The predicted octanol–water partition coefficient (Wildman–Crippen LogP) is 2.79. The molecule has 0 saturated heterocycles. The number of rotatable bonds is 6. The summed E-state index contributed by atoms with van der Waals surface area (Å²) in [5.74, 6) is 0.306. The van der Waals surface area contributed by atoms with Crippen molar-refractivity contribution in [2.75, 3.05) is 26.9 Å². The second-order valence-electron chi connectivity index (χ2n) is 6.75. The van der Waals surface area contributed by atoms with Crippen LogP contribution in [0.1, 0.15) is 17.3 Å². The van der Waals surface area contributed by atoms with Crippen molar-refractivity contribution in [3.63, 3.8) is 0 Å². The molecule has 0 saturated carbocycles. The maximum absolute atomic E-state index is 12.9. The summed E-state index contributed by atoms with van der Waals surface area (Å²) in [5, 5.41) is 0. The first-order valence-electron chi connectivity index (χ1n) is 9.87. The number of para-hydroxylation sites is 2. The molecular formula is C22H22N2O6S. The number of esters is 1. The number of benzene rings is 2. The van der Waals surface area contributed by atoms with Crippen molar-refractivity contribution in [3.8, 4) is 11.5 Å². The molecule has 3 aromatic rings. The Labute approximate surface area is 182 Å². The highest BCUT2D eigenvalue weighted by atomic mass is 32.1. The van der Waals surface area contributed by atoms with Gasteiger partial charge in [-0.25, -0.2) is 4.79 Å². The summed E-state index contributed by atoms with van der Waals surface area (Å²) < 4.78 is 24.4. The van der Waals surface area contributed by atoms with Crippen molar-refractivity contribution >= 4 is 33.4 Å². The van der Waals surface area contributed by atoms with Gasteiger partial charge in [-0.2, -0.15) is 4.99 Å². The summed E-state index contributed by atoms with van der Waals surface area (Å²) in [7, 11) is 1.61. The van der Waals surface area contributed by atoms with E-state index in [1.807, 2.05) is 22.8 Å². The van der Waals surface area contributed by atoms with Crippen LogP contribution in [-0.2, 0) is 20.8 Å². The van der Waals surface area contributed by atoms with Gasteiger partial charge in [0.25, 0.3) is 5.91 Å². The van der Waals surface area contributed by atoms with Crippen molar-refractivity contribution in [3.05, 3.63) is 52.8 Å². The highest BCUT2D eigenvalue weighted by Crippen LogP contribution is 2.31. The van der Waals surface area contributed by atoms with E-state index < -0.39 is 12.0 Å². The highest BCUT2D eigenvalue weighted by Gasteiger charge is 2.27. The molecule has 1 aliphatic rings. The molecule has 8 nitrogen and oxygen atoms in total. The number of amides is 1. The van der Waals surface area contributed by atoms with Gasteiger partial charge < -0.3 is 23.5 Å². The molecule has 0 N–H and O–H groups in total. The summed E-state index contributed by atoms with van der Waals surface area (Å²) in [6.07, 6.45) is -0.828. The summed E-state index contributed by atoms with van der Waals surface area (Å²) in [4.78, 5) is 29.8. The number of carbonyl (C=O) groups is 2. The topological polar surface area (TPSA) is 88.4 Å². The van der Waals surface area contributed by atoms with Gasteiger partial charge in [0.05, 0.1) is 29.0 Å². The molecule has 0 fully saturated rings. The number of fused-ring (bicyclic) bond motifs is 2. The number of thiazole rings is 1. The minimum atomic E-state index is -0.828. The van der Waals surface area contributed by atoms with Crippen molar-refractivity contribution in [1.82, 2.24) is 4.57 Å². The van der Waals surface area contributed by atoms with Crippen molar-refractivity contribution in [2.24, 2.45) is 4.99 Å². The Balaban J connectivity index is 1.68. The lowest BCUT2D eigenvalue weighted by molar-refractivity contribution is -0.127. The molecule has 1 atom stereocenters. The molecule has 0 spiro atoms. The van der Waals surface area contributed by atoms with Crippen LogP contribution < -0.4 is 14.3 Å². The normalized spacial score (nSPS) is 15.8. The average molecular weight is 442 g/mol. The summed E-state index contributed by atoms with van der Waals surface area (Å²) in [6, 6.07) is 12.5. The molecule has 2 heterocycles. The van der Waals surface area contributed by atoms with Gasteiger partial charge in [-0.3, -0.25) is 4.79 Å². The van der Waals surface area contributed by atoms with Gasteiger partial charge in [0.2, 0.25) is 6.10 Å². The summed E-state index contributed by atoms with van der Waals surface area (Å²) >= 11 is 1.32. The number of hydrogen-bond acceptors (Lipinski definition) is 7. The third kappa shape index (κ3) is 4.47. The molecule has 0 aliphatic carbocycles. The van der Waals surface area contributed by atoms with E-state index in [1.165, 1.54) is 11.3 Å². The number of aromatic nitrogens is 1. The molecule has 0 radical (unpaired) electrons. The lowest BCUT2D eigenvalue weighted by Gasteiger charge is -2.23. The lowest BCUT2D eigenvalue weighted by atomic mass is 10.2. The van der Waals surface area contributed by atoms with Crippen LogP contribution in [0.3, 0.4) is 0 Å². The molecule has 4 rings (SSSR count). The third-order valence-electron chi connectivity index (χ3n) is 4.70. The zero-order chi connectivity index (χ0) is 21.8. The van der Waals surface area contributed by atoms with Gasteiger partial charge in [-0.15, -0.1) is 0 Å². The number of methoxy groups -OCH3 is 1. The maximum Gasteiger partial charge on any atom is 0.338 e. The van der Waals surface area contributed by atoms with Crippen LogP contribution in [0.2, 0.25) is 0 Å². The minimum Gasteiger partial charge on any atom is -0.485 e. The van der Waals surface area contributed by atoms with E-state index in [9.17, 15) is 9.59 Å². The van der Waals surface area contributed by atoms with Crippen LogP contribution in [0.25, 0.3) is 10.2 Å². The van der Waals surface area contributed by atoms with Gasteiger partial charge in [-0.1, -0.05) is 23.5 Å². The smallest absolute Gasteiger partial charge is 0.338 e. The third-order valence-corrected chi connectivity index (χ3v) is 5.74. The largest absolute Gasteiger partial charge is 0.485 e. The second-order valence-corrected chi connectivity index (χ2v) is 7.76. The Morgan fingerprint density at radius 3 is 2.81 bits per heavy atom. The molecule has 1 aromatic heterocycles. The van der Waals surface area contributed by atoms with Crippen LogP contribution >= 0.6 is 11.3 Å². The summed E-state index contributed by atoms with van der Waals surface area (Å²) in [5.41, 5.74) is 1.31. The van der Waals surface area contributed by atoms with Crippen LogP contribution in [0.15, 0.2) is 47.5 Å². The number of hydrogen-bond donors (Lipinski definition) is 0. The Morgan fingerprint density at radius 2 is 2.03 bits per heavy atom. The van der Waals surface area contributed by atoms with Gasteiger partial charge in [-0.05, 0) is 37.3 Å². The number of ether oxygens (including phenoxy) is 4. The fourth-order valence-corrected chi connectivity index (χ4v) is 4.31. The quantitative estimate of drug-likeness (QED) is 0.546. The fraction of sp³-hybridized carbons (Fsp3) is 0.318. The number of nitrogens with zero attached hydrogens (tertiary/aromatic N) is 2. The molecule has 9 heteroatoms. The van der Waals surface area contributed by atoms with Crippen molar-refractivity contribution in [2.45, 2.75) is 19.6 Å². The molecule has 1 unspecified atom stereocenters. The molecule has 2 aromatic carbocycles. The van der Waals surface area contributed by atoms with Crippen LogP contribution in [-0.4, -0.2) is 49.5 Å². The zero-order valence-electron chi connectivity index (χ0n) is 17.2. The first-order chi connectivity index (χ1) is 15.1. The molecular weight excluding hydrogens is 420 g/mol. The molecule has 1 amide bonds. The van der Waals surface area contributed by atoms with Gasteiger partial charge in [0, 0.05) is 13.7 Å². The Kier molecular flexibility index (Phi) is 6.34. The monoisotopic (exact) mass is 442 g/mol. The van der Waals surface area contributed by atoms with Gasteiger partial charge >= 0.3 is 5.97 Å². The van der Waals surface area contributed by atoms with Crippen LogP contribution in [0.4, 0.5) is 0 Å². The lowest BCUT2D eigenvalue weighted by Crippen LogP contribution is -2.37.